The first-order valence-electron chi connectivity index (χ1n) is 6.13. The highest BCUT2D eigenvalue weighted by atomic mass is 79.9. The summed E-state index contributed by atoms with van der Waals surface area (Å²) in [5, 5.41) is 4.38. The summed E-state index contributed by atoms with van der Waals surface area (Å²) < 4.78 is 21.9. The van der Waals surface area contributed by atoms with Gasteiger partial charge in [0.1, 0.15) is 6.61 Å². The van der Waals surface area contributed by atoms with E-state index in [0.717, 1.165) is 28.0 Å². The first kappa shape index (κ1) is 14.1. The maximum absolute atomic E-state index is 13.6. The molecule has 1 aromatic heterocycles. The Morgan fingerprint density at radius 2 is 2.11 bits per heavy atom. The molecule has 0 N–H and O–H groups in total. The van der Waals surface area contributed by atoms with Gasteiger partial charge in [0.15, 0.2) is 11.6 Å². The predicted octanol–water partition coefficient (Wildman–Crippen LogP) is 4.00. The molecule has 0 aliphatic carbocycles. The summed E-state index contributed by atoms with van der Waals surface area (Å²) in [6.07, 6.45) is 0. The van der Waals surface area contributed by atoms with Gasteiger partial charge in [0, 0.05) is 6.54 Å². The van der Waals surface area contributed by atoms with Gasteiger partial charge in [-0.3, -0.25) is 4.68 Å². The molecule has 2 rings (SSSR count). The van der Waals surface area contributed by atoms with E-state index in [1.807, 2.05) is 25.5 Å². The Morgan fingerprint density at radius 3 is 2.79 bits per heavy atom. The molecule has 1 aromatic carbocycles. The summed E-state index contributed by atoms with van der Waals surface area (Å²) in [5.74, 6) is -0.0746. The Kier molecular flexibility index (Phi) is 4.24. The first-order chi connectivity index (χ1) is 9.02. The van der Waals surface area contributed by atoms with Crippen molar-refractivity contribution in [2.75, 3.05) is 0 Å². The fourth-order valence-electron chi connectivity index (χ4n) is 1.87. The van der Waals surface area contributed by atoms with Crippen molar-refractivity contribution in [2.45, 2.75) is 33.9 Å². The van der Waals surface area contributed by atoms with Crippen molar-refractivity contribution in [3.63, 3.8) is 0 Å². The normalized spacial score (nSPS) is 10.8. The minimum absolute atomic E-state index is 0.272. The molecule has 1 heterocycles. The van der Waals surface area contributed by atoms with E-state index in [9.17, 15) is 4.39 Å². The average Bonchev–Trinajstić information content (AvgIpc) is 2.66. The Hall–Kier alpha value is -1.36. The number of hydrogen-bond donors (Lipinski definition) is 0. The molecule has 0 aliphatic rings. The predicted molar refractivity (Wildman–Crippen MR) is 75.8 cm³/mol. The smallest absolute Gasteiger partial charge is 0.165 e. The molecular formula is C14H16BrFN2O. The molecule has 0 aliphatic heterocycles. The molecule has 0 atom stereocenters. The van der Waals surface area contributed by atoms with Crippen molar-refractivity contribution in [2.24, 2.45) is 0 Å². The van der Waals surface area contributed by atoms with E-state index in [2.05, 4.69) is 21.0 Å². The lowest BCUT2D eigenvalue weighted by Gasteiger charge is -2.09. The van der Waals surface area contributed by atoms with Gasteiger partial charge in [-0.1, -0.05) is 6.07 Å². The summed E-state index contributed by atoms with van der Waals surface area (Å²) in [6.45, 7) is 6.88. The number of hydrogen-bond acceptors (Lipinski definition) is 2. The van der Waals surface area contributed by atoms with Gasteiger partial charge in [-0.15, -0.1) is 0 Å². The van der Waals surface area contributed by atoms with Crippen LogP contribution in [0.1, 0.15) is 23.9 Å². The summed E-state index contributed by atoms with van der Waals surface area (Å²) >= 11 is 3.49. The Bertz CT molecular complexity index is 595. The number of ether oxygens (including phenoxy) is 1. The Morgan fingerprint density at radius 1 is 1.37 bits per heavy atom. The fourth-order valence-corrected chi connectivity index (χ4v) is 2.27. The van der Waals surface area contributed by atoms with Crippen LogP contribution in [0, 0.1) is 19.7 Å². The third-order valence-corrected chi connectivity index (χ3v) is 3.94. The standard InChI is InChI=1S/C14H16BrFN2O/c1-4-18-12(14(15)10(3)17-18)8-19-13-7-9(2)5-6-11(13)16/h5-7H,4,8H2,1-3H3. The maximum Gasteiger partial charge on any atom is 0.165 e. The quantitative estimate of drug-likeness (QED) is 0.849. The average molecular weight is 327 g/mol. The monoisotopic (exact) mass is 326 g/mol. The number of benzene rings is 1. The van der Waals surface area contributed by atoms with Gasteiger partial charge in [0.05, 0.1) is 15.9 Å². The van der Waals surface area contributed by atoms with Crippen LogP contribution in [-0.4, -0.2) is 9.78 Å². The second-order valence-electron chi connectivity index (χ2n) is 4.38. The fraction of sp³-hybridized carbons (Fsp3) is 0.357. The van der Waals surface area contributed by atoms with E-state index >= 15 is 0 Å². The van der Waals surface area contributed by atoms with Crippen molar-refractivity contribution < 1.29 is 9.13 Å². The van der Waals surface area contributed by atoms with Crippen LogP contribution < -0.4 is 4.74 Å². The second-order valence-corrected chi connectivity index (χ2v) is 5.18. The highest BCUT2D eigenvalue weighted by Crippen LogP contribution is 2.24. The first-order valence-corrected chi connectivity index (χ1v) is 6.93. The molecule has 0 saturated carbocycles. The summed E-state index contributed by atoms with van der Waals surface area (Å²) in [6, 6.07) is 4.84. The van der Waals surface area contributed by atoms with Gasteiger partial charge in [-0.25, -0.2) is 4.39 Å². The van der Waals surface area contributed by atoms with Crippen molar-refractivity contribution in [3.8, 4) is 5.75 Å². The topological polar surface area (TPSA) is 27.1 Å². The van der Waals surface area contributed by atoms with Crippen molar-refractivity contribution in [1.82, 2.24) is 9.78 Å². The molecule has 0 amide bonds. The van der Waals surface area contributed by atoms with E-state index in [1.165, 1.54) is 6.07 Å². The van der Waals surface area contributed by atoms with Gasteiger partial charge >= 0.3 is 0 Å². The summed E-state index contributed by atoms with van der Waals surface area (Å²) in [7, 11) is 0. The van der Waals surface area contributed by atoms with E-state index in [-0.39, 0.29) is 18.2 Å². The molecule has 0 unspecified atom stereocenters. The number of aryl methyl sites for hydroxylation is 3. The highest BCUT2D eigenvalue weighted by Gasteiger charge is 2.13. The molecule has 19 heavy (non-hydrogen) atoms. The second kappa shape index (κ2) is 5.74. The molecule has 5 heteroatoms. The largest absolute Gasteiger partial charge is 0.484 e. The van der Waals surface area contributed by atoms with Crippen LogP contribution in [0.15, 0.2) is 22.7 Å². The van der Waals surface area contributed by atoms with Gasteiger partial charge in [0.2, 0.25) is 0 Å². The van der Waals surface area contributed by atoms with Crippen molar-refractivity contribution in [3.05, 3.63) is 45.4 Å². The molecule has 0 spiro atoms. The van der Waals surface area contributed by atoms with Gasteiger partial charge in [-0.05, 0) is 54.4 Å². The lowest BCUT2D eigenvalue weighted by molar-refractivity contribution is 0.277. The number of aromatic nitrogens is 2. The molecule has 102 valence electrons. The van der Waals surface area contributed by atoms with E-state index < -0.39 is 0 Å². The zero-order valence-corrected chi connectivity index (χ0v) is 12.8. The molecule has 3 nitrogen and oxygen atoms in total. The molecule has 0 bridgehead atoms. The Labute approximate surface area is 120 Å². The zero-order valence-electron chi connectivity index (χ0n) is 11.2. The number of halogens is 2. The minimum Gasteiger partial charge on any atom is -0.484 e. The van der Waals surface area contributed by atoms with Crippen LogP contribution in [0.2, 0.25) is 0 Å². The highest BCUT2D eigenvalue weighted by molar-refractivity contribution is 9.10. The maximum atomic E-state index is 13.6. The lowest BCUT2D eigenvalue weighted by Crippen LogP contribution is -2.07. The van der Waals surface area contributed by atoms with Crippen LogP contribution in [-0.2, 0) is 13.2 Å². The zero-order chi connectivity index (χ0) is 14.0. The van der Waals surface area contributed by atoms with Crippen LogP contribution in [0.5, 0.6) is 5.75 Å². The molecule has 2 aromatic rings. The minimum atomic E-state index is -0.346. The lowest BCUT2D eigenvalue weighted by atomic mass is 10.2. The van der Waals surface area contributed by atoms with Crippen molar-refractivity contribution >= 4 is 15.9 Å². The third kappa shape index (κ3) is 2.97. The Balaban J connectivity index is 2.21. The van der Waals surface area contributed by atoms with Crippen LogP contribution in [0.4, 0.5) is 4.39 Å². The van der Waals surface area contributed by atoms with Crippen LogP contribution >= 0.6 is 15.9 Å². The summed E-state index contributed by atoms with van der Waals surface area (Å²) in [4.78, 5) is 0. The van der Waals surface area contributed by atoms with Crippen molar-refractivity contribution in [1.29, 1.82) is 0 Å². The third-order valence-electron chi connectivity index (χ3n) is 2.90. The SMILES string of the molecule is CCn1nc(C)c(Br)c1COc1cc(C)ccc1F. The van der Waals surface area contributed by atoms with Crippen LogP contribution in [0.25, 0.3) is 0 Å². The van der Waals surface area contributed by atoms with Gasteiger partial charge in [-0.2, -0.15) is 5.10 Å². The van der Waals surface area contributed by atoms with Gasteiger partial charge in [0.25, 0.3) is 0 Å². The van der Waals surface area contributed by atoms with E-state index in [1.54, 1.807) is 12.1 Å². The van der Waals surface area contributed by atoms with E-state index in [4.69, 9.17) is 4.74 Å². The molecule has 0 radical (unpaired) electrons. The molecule has 0 saturated heterocycles. The molecular weight excluding hydrogens is 311 g/mol. The number of rotatable bonds is 4. The summed E-state index contributed by atoms with van der Waals surface area (Å²) in [5.41, 5.74) is 2.79. The van der Waals surface area contributed by atoms with Gasteiger partial charge < -0.3 is 4.74 Å². The van der Waals surface area contributed by atoms with E-state index in [0.29, 0.717) is 0 Å². The number of nitrogens with zero attached hydrogens (tertiary/aromatic N) is 2. The van der Waals surface area contributed by atoms with Crippen LogP contribution in [0.3, 0.4) is 0 Å². The molecule has 0 fully saturated rings.